The molecular weight excluding hydrogens is 560 g/mol. The third-order valence-electron chi connectivity index (χ3n) is 6.97. The molecule has 1 N–H and O–H groups in total. The minimum atomic E-state index is -0.360. The predicted molar refractivity (Wildman–Crippen MR) is 169 cm³/mol. The van der Waals surface area contributed by atoms with Gasteiger partial charge in [-0.1, -0.05) is 48.5 Å². The first-order chi connectivity index (χ1) is 21.4. The van der Waals surface area contributed by atoms with E-state index in [1.807, 2.05) is 67.6 Å². The summed E-state index contributed by atoms with van der Waals surface area (Å²) in [4.78, 5) is 31.0. The highest BCUT2D eigenvalue weighted by Gasteiger charge is 2.18. The van der Waals surface area contributed by atoms with Crippen molar-refractivity contribution in [2.24, 2.45) is 5.10 Å². The van der Waals surface area contributed by atoms with Crippen molar-refractivity contribution in [1.82, 2.24) is 9.66 Å². The number of nitrogens with one attached hydrogen (secondary N) is 1. The highest BCUT2D eigenvalue weighted by Crippen LogP contribution is 2.38. The maximum Gasteiger partial charge on any atom is 0.282 e. The summed E-state index contributed by atoms with van der Waals surface area (Å²) >= 11 is 0. The zero-order valence-corrected chi connectivity index (χ0v) is 24.2. The van der Waals surface area contributed by atoms with Crippen molar-refractivity contribution in [2.75, 3.05) is 26.1 Å². The number of rotatable bonds is 9. The topological polar surface area (TPSA) is 117 Å². The summed E-state index contributed by atoms with van der Waals surface area (Å²) in [6.45, 7) is 1.64. The first-order valence-electron chi connectivity index (χ1n) is 13.7. The van der Waals surface area contributed by atoms with Gasteiger partial charge >= 0.3 is 0 Å². The zero-order chi connectivity index (χ0) is 30.6. The average molecular weight is 589 g/mol. The van der Waals surface area contributed by atoms with Gasteiger partial charge in [-0.3, -0.25) is 9.59 Å². The van der Waals surface area contributed by atoms with Crippen LogP contribution in [0.5, 0.6) is 17.2 Å². The Morgan fingerprint density at radius 3 is 2.41 bits per heavy atom. The Balaban J connectivity index is 1.33. The maximum absolute atomic E-state index is 13.6. The van der Waals surface area contributed by atoms with Crippen LogP contribution in [0.15, 0.2) is 105 Å². The van der Waals surface area contributed by atoms with Crippen LogP contribution in [0, 0.1) is 6.92 Å². The summed E-state index contributed by atoms with van der Waals surface area (Å²) in [6, 6.07) is 27.2. The van der Waals surface area contributed by atoms with Gasteiger partial charge in [-0.25, -0.2) is 4.98 Å². The van der Waals surface area contributed by atoms with Crippen LogP contribution in [0.25, 0.3) is 33.5 Å². The number of carbonyl (C=O) groups is 1. The van der Waals surface area contributed by atoms with Crippen molar-refractivity contribution >= 4 is 39.7 Å². The van der Waals surface area contributed by atoms with Crippen molar-refractivity contribution < 1.29 is 23.4 Å². The van der Waals surface area contributed by atoms with E-state index < -0.39 is 0 Å². The zero-order valence-electron chi connectivity index (χ0n) is 24.2. The van der Waals surface area contributed by atoms with Crippen LogP contribution < -0.4 is 25.1 Å². The maximum atomic E-state index is 13.6. The minimum absolute atomic E-state index is 0.250. The third kappa shape index (κ3) is 5.60. The molecule has 2 aromatic heterocycles. The molecular formula is C34H28N4O6. The number of amides is 1. The fourth-order valence-corrected chi connectivity index (χ4v) is 4.76. The number of benzene rings is 4. The quantitative estimate of drug-likeness (QED) is 0.205. The molecule has 44 heavy (non-hydrogen) atoms. The van der Waals surface area contributed by atoms with Gasteiger partial charge in [0.15, 0.2) is 23.9 Å². The predicted octanol–water partition coefficient (Wildman–Crippen LogP) is 6.04. The summed E-state index contributed by atoms with van der Waals surface area (Å²) in [5.74, 6) is 1.19. The van der Waals surface area contributed by atoms with E-state index in [-0.39, 0.29) is 29.6 Å². The van der Waals surface area contributed by atoms with Crippen LogP contribution >= 0.6 is 0 Å². The van der Waals surface area contributed by atoms with Crippen LogP contribution in [0.4, 0.5) is 5.69 Å². The second-order valence-corrected chi connectivity index (χ2v) is 9.87. The van der Waals surface area contributed by atoms with E-state index in [2.05, 4.69) is 10.4 Å². The summed E-state index contributed by atoms with van der Waals surface area (Å²) < 4.78 is 24.2. The number of furan rings is 1. The van der Waals surface area contributed by atoms with Crippen molar-refractivity contribution in [1.29, 1.82) is 0 Å². The van der Waals surface area contributed by atoms with Gasteiger partial charge < -0.3 is 23.9 Å². The third-order valence-corrected chi connectivity index (χ3v) is 6.97. The Labute approximate surface area is 252 Å². The average Bonchev–Trinajstić information content (AvgIpc) is 3.48. The number of anilines is 1. The van der Waals surface area contributed by atoms with Crippen molar-refractivity contribution in [3.05, 3.63) is 112 Å². The van der Waals surface area contributed by atoms with Gasteiger partial charge in [-0.15, -0.1) is 0 Å². The number of methoxy groups -OCH3 is 2. The van der Waals surface area contributed by atoms with Crippen molar-refractivity contribution in [3.8, 4) is 28.8 Å². The van der Waals surface area contributed by atoms with E-state index in [1.165, 1.54) is 25.1 Å². The van der Waals surface area contributed by atoms with Gasteiger partial charge in [0.1, 0.15) is 5.58 Å². The first kappa shape index (κ1) is 28.2. The van der Waals surface area contributed by atoms with Crippen LogP contribution in [0.1, 0.15) is 11.1 Å². The largest absolute Gasteiger partial charge is 0.493 e. The second kappa shape index (κ2) is 12.1. The number of ether oxygens (including phenoxy) is 3. The molecule has 2 heterocycles. The Morgan fingerprint density at radius 2 is 1.66 bits per heavy atom. The van der Waals surface area contributed by atoms with E-state index in [0.717, 1.165) is 10.9 Å². The lowest BCUT2D eigenvalue weighted by Crippen LogP contribution is -2.21. The molecule has 0 aliphatic carbocycles. The molecule has 0 saturated carbocycles. The summed E-state index contributed by atoms with van der Waals surface area (Å²) in [5, 5.41) is 8.64. The molecule has 4 aromatic carbocycles. The Bertz CT molecular complexity index is 2040. The molecule has 0 aliphatic rings. The fourth-order valence-electron chi connectivity index (χ4n) is 4.76. The molecule has 10 heteroatoms. The van der Waals surface area contributed by atoms with E-state index in [9.17, 15) is 9.59 Å². The van der Waals surface area contributed by atoms with E-state index in [4.69, 9.17) is 23.6 Å². The molecule has 0 radical (unpaired) electrons. The summed E-state index contributed by atoms with van der Waals surface area (Å²) in [6.07, 6.45) is 1.49. The van der Waals surface area contributed by atoms with Crippen LogP contribution in [-0.4, -0.2) is 42.6 Å². The lowest BCUT2D eigenvalue weighted by atomic mass is 10.2. The standard InChI is InChI=1S/C34H28N4O6/c1-21-10-4-7-13-25(21)36-31(39)20-43-32-28(41-2)16-22(17-29(32)42-3)19-35-38-33(30-18-23-11-5-9-15-27(23)44-30)37-26-14-8-6-12-24(26)34(38)40/h4-19H,20H2,1-3H3,(H,36,39). The minimum Gasteiger partial charge on any atom is -0.493 e. The second-order valence-electron chi connectivity index (χ2n) is 9.87. The molecule has 220 valence electrons. The number of nitrogens with zero attached hydrogens (tertiary/aromatic N) is 3. The molecule has 0 spiro atoms. The highest BCUT2D eigenvalue weighted by molar-refractivity contribution is 5.93. The van der Waals surface area contributed by atoms with E-state index >= 15 is 0 Å². The van der Waals surface area contributed by atoms with Crippen LogP contribution in [0.2, 0.25) is 0 Å². The number of fused-ring (bicyclic) bond motifs is 2. The monoisotopic (exact) mass is 588 g/mol. The highest BCUT2D eigenvalue weighted by atomic mass is 16.5. The molecule has 6 aromatic rings. The van der Waals surface area contributed by atoms with Crippen molar-refractivity contribution in [2.45, 2.75) is 6.92 Å². The smallest absolute Gasteiger partial charge is 0.282 e. The van der Waals surface area contributed by atoms with Gasteiger partial charge in [0.05, 0.1) is 31.3 Å². The van der Waals surface area contributed by atoms with Crippen LogP contribution in [0.3, 0.4) is 0 Å². The van der Waals surface area contributed by atoms with Gasteiger partial charge in [-0.05, 0) is 55.0 Å². The molecule has 6 rings (SSSR count). The molecule has 0 atom stereocenters. The van der Waals surface area contributed by atoms with Gasteiger partial charge in [0.25, 0.3) is 11.5 Å². The first-order valence-corrected chi connectivity index (χ1v) is 13.7. The molecule has 0 unspecified atom stereocenters. The molecule has 0 saturated heterocycles. The summed E-state index contributed by atoms with van der Waals surface area (Å²) in [5.41, 5.74) is 3.01. The molecule has 1 amide bonds. The SMILES string of the molecule is COc1cc(C=Nn2c(-c3cc4ccccc4o3)nc3ccccc3c2=O)cc(OC)c1OCC(=O)Nc1ccccc1C. The molecule has 10 nitrogen and oxygen atoms in total. The molecule has 0 bridgehead atoms. The summed E-state index contributed by atoms with van der Waals surface area (Å²) in [7, 11) is 2.96. The number of para-hydroxylation sites is 3. The Kier molecular flexibility index (Phi) is 7.79. The van der Waals surface area contributed by atoms with Crippen molar-refractivity contribution in [3.63, 3.8) is 0 Å². The number of hydrogen-bond donors (Lipinski definition) is 1. The van der Waals surface area contributed by atoms with Crippen LogP contribution in [-0.2, 0) is 4.79 Å². The normalized spacial score (nSPS) is 11.2. The van der Waals surface area contributed by atoms with Gasteiger partial charge in [-0.2, -0.15) is 9.78 Å². The Hall–Kier alpha value is -5.90. The van der Waals surface area contributed by atoms with Gasteiger partial charge in [0.2, 0.25) is 11.6 Å². The lowest BCUT2D eigenvalue weighted by molar-refractivity contribution is -0.118. The lowest BCUT2D eigenvalue weighted by Gasteiger charge is -2.15. The van der Waals surface area contributed by atoms with E-state index in [1.54, 1.807) is 30.3 Å². The molecule has 0 fully saturated rings. The Morgan fingerprint density at radius 1 is 0.955 bits per heavy atom. The number of aryl methyl sites for hydroxylation is 1. The van der Waals surface area contributed by atoms with E-state index in [0.29, 0.717) is 45.0 Å². The number of carbonyl (C=O) groups excluding carboxylic acids is 1. The number of aromatic nitrogens is 2. The fraction of sp³-hybridized carbons (Fsp3) is 0.118. The molecule has 0 aliphatic heterocycles. The van der Waals surface area contributed by atoms with Gasteiger partial charge in [0, 0.05) is 16.6 Å². The number of hydrogen-bond acceptors (Lipinski definition) is 8.